The molecule has 2 aliphatic heterocycles. The van der Waals surface area contributed by atoms with Crippen LogP contribution in [-0.2, 0) is 16.1 Å². The Bertz CT molecular complexity index is 1030. The van der Waals surface area contributed by atoms with E-state index < -0.39 is 0 Å². The Balaban J connectivity index is 1.42. The third kappa shape index (κ3) is 6.96. The Morgan fingerprint density at radius 3 is 2.31 bits per heavy atom. The van der Waals surface area contributed by atoms with E-state index in [-0.39, 0.29) is 36.3 Å². The Kier molecular flexibility index (Phi) is 8.82. The molecule has 194 valence electrons. The molecule has 4 rings (SSSR count). The molecule has 2 amide bonds. The number of piperazine rings is 2. The highest BCUT2D eigenvalue weighted by atomic mass is 35.5. The van der Waals surface area contributed by atoms with Crippen LogP contribution in [0.25, 0.3) is 0 Å². The molecule has 7 nitrogen and oxygen atoms in total. The maximum absolute atomic E-state index is 13.4. The van der Waals surface area contributed by atoms with Crippen molar-refractivity contribution >= 4 is 23.4 Å². The van der Waals surface area contributed by atoms with E-state index in [9.17, 15) is 14.0 Å². The first-order valence-electron chi connectivity index (χ1n) is 12.4. The second kappa shape index (κ2) is 12.0. The van der Waals surface area contributed by atoms with Gasteiger partial charge in [-0.15, -0.1) is 0 Å². The van der Waals surface area contributed by atoms with Crippen molar-refractivity contribution in [3.63, 3.8) is 0 Å². The molecule has 2 aliphatic rings. The highest BCUT2D eigenvalue weighted by Crippen LogP contribution is 2.21. The van der Waals surface area contributed by atoms with Crippen LogP contribution in [-0.4, -0.2) is 95.9 Å². The molecule has 9 heteroatoms. The molecule has 2 aromatic rings. The molecular weight excluding hydrogens is 483 g/mol. The molecule has 2 fully saturated rings. The van der Waals surface area contributed by atoms with Crippen molar-refractivity contribution in [2.24, 2.45) is 0 Å². The lowest BCUT2D eigenvalue weighted by molar-refractivity contribution is -0.140. The molecule has 0 aliphatic carbocycles. The van der Waals surface area contributed by atoms with Crippen molar-refractivity contribution in [3.05, 3.63) is 64.9 Å². The van der Waals surface area contributed by atoms with Gasteiger partial charge in [-0.3, -0.25) is 19.4 Å². The minimum absolute atomic E-state index is 0.0116. The molecule has 2 atom stereocenters. The lowest BCUT2D eigenvalue weighted by Gasteiger charge is -2.47. The van der Waals surface area contributed by atoms with Crippen LogP contribution in [0.5, 0.6) is 5.75 Å². The Morgan fingerprint density at radius 2 is 1.67 bits per heavy atom. The summed E-state index contributed by atoms with van der Waals surface area (Å²) >= 11 is 5.94. The lowest BCUT2D eigenvalue weighted by atomic mass is 10.0. The first kappa shape index (κ1) is 26.4. The van der Waals surface area contributed by atoms with Crippen LogP contribution in [0.2, 0.25) is 5.02 Å². The van der Waals surface area contributed by atoms with Crippen LogP contribution in [0, 0.1) is 5.82 Å². The molecule has 2 aromatic carbocycles. The topological polar surface area (TPSA) is 56.3 Å². The molecule has 0 unspecified atom stereocenters. The predicted molar refractivity (Wildman–Crippen MR) is 137 cm³/mol. The summed E-state index contributed by atoms with van der Waals surface area (Å²) in [6.45, 7) is 9.45. The van der Waals surface area contributed by atoms with Crippen LogP contribution in [0.4, 0.5) is 4.39 Å². The maximum atomic E-state index is 13.4. The van der Waals surface area contributed by atoms with Crippen molar-refractivity contribution in [2.45, 2.75) is 32.5 Å². The summed E-state index contributed by atoms with van der Waals surface area (Å²) in [5.74, 6) is 0.417. The van der Waals surface area contributed by atoms with E-state index in [1.54, 1.807) is 31.2 Å². The summed E-state index contributed by atoms with van der Waals surface area (Å²) in [6.07, 6.45) is 0. The van der Waals surface area contributed by atoms with E-state index in [0.717, 1.165) is 25.2 Å². The van der Waals surface area contributed by atoms with E-state index in [1.807, 2.05) is 21.9 Å². The Labute approximate surface area is 217 Å². The molecule has 0 bridgehead atoms. The lowest BCUT2D eigenvalue weighted by Crippen LogP contribution is -2.62. The van der Waals surface area contributed by atoms with Gasteiger partial charge in [0.05, 0.1) is 0 Å². The van der Waals surface area contributed by atoms with Gasteiger partial charge < -0.3 is 14.5 Å². The molecule has 0 N–H and O–H groups in total. The predicted octanol–water partition coefficient (Wildman–Crippen LogP) is 3.12. The van der Waals surface area contributed by atoms with Gasteiger partial charge in [-0.25, -0.2) is 4.39 Å². The highest BCUT2D eigenvalue weighted by Gasteiger charge is 2.35. The third-order valence-corrected chi connectivity index (χ3v) is 7.29. The van der Waals surface area contributed by atoms with Gasteiger partial charge in [0.2, 0.25) is 5.91 Å². The van der Waals surface area contributed by atoms with E-state index in [4.69, 9.17) is 16.3 Å². The number of rotatable bonds is 7. The fraction of sp³-hybridized carbons (Fsp3) is 0.481. The van der Waals surface area contributed by atoms with Crippen LogP contribution in [0.1, 0.15) is 19.4 Å². The van der Waals surface area contributed by atoms with E-state index in [2.05, 4.69) is 16.7 Å². The highest BCUT2D eigenvalue weighted by molar-refractivity contribution is 6.30. The number of nitrogens with zero attached hydrogens (tertiary/aromatic N) is 4. The van der Waals surface area contributed by atoms with Crippen molar-refractivity contribution in [2.75, 3.05) is 52.4 Å². The summed E-state index contributed by atoms with van der Waals surface area (Å²) in [6, 6.07) is 13.7. The number of hydrogen-bond donors (Lipinski definition) is 0. The maximum Gasteiger partial charge on any atom is 0.260 e. The van der Waals surface area contributed by atoms with Gasteiger partial charge in [-0.1, -0.05) is 23.7 Å². The zero-order chi connectivity index (χ0) is 25.7. The number of carbonyl (C=O) groups is 2. The number of ether oxygens (including phenoxy) is 1. The standard InChI is InChI=1S/C27H34ClFN4O3/c1-20-15-32(16-22-3-7-24(29)8-4-22)25(17-30-11-13-31(14-12-30)21(2)34)18-33(20)27(35)19-36-26-9-5-23(28)6-10-26/h3-10,20,25H,11-19H2,1-2H3/t20-,25+/m1/s1. The zero-order valence-corrected chi connectivity index (χ0v) is 21.7. The third-order valence-electron chi connectivity index (χ3n) is 7.04. The average Bonchev–Trinajstić information content (AvgIpc) is 2.86. The van der Waals surface area contributed by atoms with E-state index in [1.165, 1.54) is 12.1 Å². The molecule has 0 saturated carbocycles. The molecule has 36 heavy (non-hydrogen) atoms. The molecule has 2 saturated heterocycles. The van der Waals surface area contributed by atoms with Crippen LogP contribution >= 0.6 is 11.6 Å². The number of hydrogen-bond acceptors (Lipinski definition) is 5. The van der Waals surface area contributed by atoms with Crippen molar-refractivity contribution < 1.29 is 18.7 Å². The zero-order valence-electron chi connectivity index (χ0n) is 20.9. The van der Waals surface area contributed by atoms with Gasteiger partial charge in [0, 0.05) is 76.4 Å². The van der Waals surface area contributed by atoms with Gasteiger partial charge in [0.1, 0.15) is 11.6 Å². The smallest absolute Gasteiger partial charge is 0.260 e. The SMILES string of the molecule is CC(=O)N1CCN(C[C@H]2CN(C(=O)COc3ccc(Cl)cc3)[C@H](C)CN2Cc2ccc(F)cc2)CC1. The van der Waals surface area contributed by atoms with Gasteiger partial charge in [-0.05, 0) is 48.9 Å². The Morgan fingerprint density at radius 1 is 1.00 bits per heavy atom. The first-order valence-corrected chi connectivity index (χ1v) is 12.8. The van der Waals surface area contributed by atoms with Crippen molar-refractivity contribution in [3.8, 4) is 5.75 Å². The quantitative estimate of drug-likeness (QED) is 0.566. The minimum Gasteiger partial charge on any atom is -0.484 e. The number of halogens is 2. The number of benzene rings is 2. The minimum atomic E-state index is -0.247. The van der Waals surface area contributed by atoms with Crippen molar-refractivity contribution in [1.29, 1.82) is 0 Å². The van der Waals surface area contributed by atoms with Gasteiger partial charge >= 0.3 is 0 Å². The normalized spacial score (nSPS) is 21.4. The van der Waals surface area contributed by atoms with Gasteiger partial charge in [-0.2, -0.15) is 0 Å². The number of carbonyl (C=O) groups excluding carboxylic acids is 2. The number of amides is 2. The first-order chi connectivity index (χ1) is 17.3. The largest absolute Gasteiger partial charge is 0.484 e. The molecule has 0 aromatic heterocycles. The van der Waals surface area contributed by atoms with Crippen LogP contribution < -0.4 is 4.74 Å². The second-order valence-electron chi connectivity index (χ2n) is 9.65. The Hall–Kier alpha value is -2.68. The van der Waals surface area contributed by atoms with E-state index >= 15 is 0 Å². The summed E-state index contributed by atoms with van der Waals surface area (Å²) < 4.78 is 19.2. The van der Waals surface area contributed by atoms with Gasteiger partial charge in [0.15, 0.2) is 6.61 Å². The van der Waals surface area contributed by atoms with Crippen LogP contribution in [0.3, 0.4) is 0 Å². The molecule has 0 radical (unpaired) electrons. The summed E-state index contributed by atoms with van der Waals surface area (Å²) in [5.41, 5.74) is 1.04. The van der Waals surface area contributed by atoms with Gasteiger partial charge in [0.25, 0.3) is 5.91 Å². The molecule has 2 heterocycles. The summed E-state index contributed by atoms with van der Waals surface area (Å²) in [5, 5.41) is 0.617. The fourth-order valence-electron chi connectivity index (χ4n) is 4.95. The monoisotopic (exact) mass is 516 g/mol. The average molecular weight is 517 g/mol. The summed E-state index contributed by atoms with van der Waals surface area (Å²) in [4.78, 5) is 33.4. The second-order valence-corrected chi connectivity index (χ2v) is 10.1. The van der Waals surface area contributed by atoms with Crippen molar-refractivity contribution in [1.82, 2.24) is 19.6 Å². The molecular formula is C27H34ClFN4O3. The van der Waals surface area contributed by atoms with E-state index in [0.29, 0.717) is 43.5 Å². The van der Waals surface area contributed by atoms with Crippen LogP contribution in [0.15, 0.2) is 48.5 Å². The summed E-state index contributed by atoms with van der Waals surface area (Å²) in [7, 11) is 0. The fourth-order valence-corrected chi connectivity index (χ4v) is 5.08. The molecule has 0 spiro atoms.